The van der Waals surface area contributed by atoms with Gasteiger partial charge in [-0.2, -0.15) is 0 Å². The second-order valence-corrected chi connectivity index (χ2v) is 9.95. The van der Waals surface area contributed by atoms with Crippen LogP contribution in [0.1, 0.15) is 16.0 Å². The fourth-order valence-corrected chi connectivity index (χ4v) is 5.57. The van der Waals surface area contributed by atoms with Crippen molar-refractivity contribution in [3.05, 3.63) is 62.8 Å². The maximum atomic E-state index is 12.8. The minimum Gasteiger partial charge on any atom is -0.497 e. The molecule has 166 valence electrons. The van der Waals surface area contributed by atoms with Crippen LogP contribution in [0, 0.1) is 13.8 Å². The summed E-state index contributed by atoms with van der Waals surface area (Å²) >= 11 is 2.82. The Morgan fingerprint density at radius 2 is 1.91 bits per heavy atom. The van der Waals surface area contributed by atoms with E-state index >= 15 is 0 Å². The number of aryl methyl sites for hydroxylation is 2. The Bertz CT molecular complexity index is 1390. The van der Waals surface area contributed by atoms with Crippen LogP contribution in [0.3, 0.4) is 0 Å². The number of aromatic nitrogens is 2. The van der Waals surface area contributed by atoms with Crippen LogP contribution in [-0.4, -0.2) is 40.3 Å². The first kappa shape index (κ1) is 22.4. The van der Waals surface area contributed by atoms with E-state index in [0.717, 1.165) is 37.4 Å². The quantitative estimate of drug-likeness (QED) is 0.308. The minimum atomic E-state index is -0.0621. The van der Waals surface area contributed by atoms with Gasteiger partial charge < -0.3 is 9.64 Å². The lowest BCUT2D eigenvalue weighted by Crippen LogP contribution is -2.28. The maximum Gasteiger partial charge on any atom is 0.262 e. The lowest BCUT2D eigenvalue weighted by molar-refractivity contribution is -0.127. The van der Waals surface area contributed by atoms with Crippen LogP contribution in [0.5, 0.6) is 5.75 Å². The highest BCUT2D eigenvalue weighted by atomic mass is 32.2. The summed E-state index contributed by atoms with van der Waals surface area (Å²) in [6.07, 6.45) is 0. The standard InChI is InChI=1S/C24H25N3O3S2/c1-14-15(2)32-22-21(14)23(29)27(4)24(25-22)31-13-20(28)26(3)12-16-6-7-18-11-19(30-5)9-8-17(18)10-16/h6-11H,12-13H2,1-5H3. The number of hydrogen-bond donors (Lipinski definition) is 0. The Balaban J connectivity index is 1.46. The lowest BCUT2D eigenvalue weighted by Gasteiger charge is -2.18. The molecule has 8 heteroatoms. The molecule has 2 aromatic heterocycles. The molecular weight excluding hydrogens is 442 g/mol. The molecule has 0 saturated heterocycles. The molecule has 0 spiro atoms. The van der Waals surface area contributed by atoms with Crippen molar-refractivity contribution in [2.75, 3.05) is 19.9 Å². The summed E-state index contributed by atoms with van der Waals surface area (Å²) in [5.41, 5.74) is 1.98. The van der Waals surface area contributed by atoms with E-state index in [1.807, 2.05) is 44.2 Å². The first-order valence-corrected chi connectivity index (χ1v) is 12.0. The van der Waals surface area contributed by atoms with Gasteiger partial charge in [0.25, 0.3) is 5.56 Å². The van der Waals surface area contributed by atoms with E-state index in [4.69, 9.17) is 4.74 Å². The summed E-state index contributed by atoms with van der Waals surface area (Å²) in [6.45, 7) is 4.46. The fraction of sp³-hybridized carbons (Fsp3) is 0.292. The van der Waals surface area contributed by atoms with E-state index in [1.165, 1.54) is 27.7 Å². The molecule has 32 heavy (non-hydrogen) atoms. The van der Waals surface area contributed by atoms with Crippen LogP contribution in [0.2, 0.25) is 0 Å². The average Bonchev–Trinajstić information content (AvgIpc) is 3.07. The van der Waals surface area contributed by atoms with Crippen molar-refractivity contribution in [2.24, 2.45) is 7.05 Å². The first-order chi connectivity index (χ1) is 15.3. The van der Waals surface area contributed by atoms with Crippen LogP contribution in [0.15, 0.2) is 46.3 Å². The summed E-state index contributed by atoms with van der Waals surface area (Å²) in [5.74, 6) is 1.03. The van der Waals surface area contributed by atoms with Gasteiger partial charge in [0.1, 0.15) is 10.6 Å². The first-order valence-electron chi connectivity index (χ1n) is 10.2. The largest absolute Gasteiger partial charge is 0.497 e. The van der Waals surface area contributed by atoms with Crippen molar-refractivity contribution < 1.29 is 9.53 Å². The van der Waals surface area contributed by atoms with Gasteiger partial charge in [0, 0.05) is 25.5 Å². The Hall–Kier alpha value is -2.84. The Kier molecular flexibility index (Phi) is 6.26. The average molecular weight is 468 g/mol. The van der Waals surface area contributed by atoms with Crippen LogP contribution < -0.4 is 10.3 Å². The molecule has 0 unspecified atom stereocenters. The van der Waals surface area contributed by atoms with E-state index in [0.29, 0.717) is 17.1 Å². The van der Waals surface area contributed by atoms with Gasteiger partial charge in [-0.1, -0.05) is 30.0 Å². The molecule has 0 radical (unpaired) electrons. The van der Waals surface area contributed by atoms with Crippen LogP contribution >= 0.6 is 23.1 Å². The van der Waals surface area contributed by atoms with Crippen molar-refractivity contribution in [1.82, 2.24) is 14.5 Å². The minimum absolute atomic E-state index is 0.0160. The fourth-order valence-electron chi connectivity index (χ4n) is 3.58. The molecule has 0 fully saturated rings. The Labute approximate surface area is 194 Å². The number of carbonyl (C=O) groups is 1. The number of fused-ring (bicyclic) bond motifs is 2. The van der Waals surface area contributed by atoms with Crippen molar-refractivity contribution in [2.45, 2.75) is 25.5 Å². The molecule has 1 amide bonds. The number of hydrogen-bond acceptors (Lipinski definition) is 6. The number of carbonyl (C=O) groups excluding carboxylic acids is 1. The topological polar surface area (TPSA) is 64.4 Å². The predicted molar refractivity (Wildman–Crippen MR) is 132 cm³/mol. The SMILES string of the molecule is COc1ccc2cc(CN(C)C(=O)CSc3nc4sc(C)c(C)c4c(=O)n3C)ccc2c1. The summed E-state index contributed by atoms with van der Waals surface area (Å²) in [5, 5.41) is 3.44. The summed E-state index contributed by atoms with van der Waals surface area (Å²) in [4.78, 5) is 33.7. The second-order valence-electron chi connectivity index (χ2n) is 7.81. The smallest absolute Gasteiger partial charge is 0.262 e. The molecular formula is C24H25N3O3S2. The van der Waals surface area contributed by atoms with Gasteiger partial charge in [-0.05, 0) is 53.9 Å². The maximum absolute atomic E-state index is 12.8. The molecule has 4 aromatic rings. The van der Waals surface area contributed by atoms with Crippen molar-refractivity contribution in [3.8, 4) is 5.75 Å². The van der Waals surface area contributed by atoms with Gasteiger partial charge >= 0.3 is 0 Å². The monoisotopic (exact) mass is 467 g/mol. The second kappa shape index (κ2) is 8.96. The van der Waals surface area contributed by atoms with E-state index in [1.54, 1.807) is 26.1 Å². The highest BCUT2D eigenvalue weighted by Crippen LogP contribution is 2.28. The third-order valence-electron chi connectivity index (χ3n) is 5.65. The third kappa shape index (κ3) is 4.25. The van der Waals surface area contributed by atoms with Crippen LogP contribution in [0.25, 0.3) is 21.0 Å². The van der Waals surface area contributed by atoms with Gasteiger partial charge in [0.05, 0.1) is 18.2 Å². The molecule has 0 atom stereocenters. The number of rotatable bonds is 6. The number of amides is 1. The van der Waals surface area contributed by atoms with Crippen molar-refractivity contribution in [1.29, 1.82) is 0 Å². The van der Waals surface area contributed by atoms with E-state index in [2.05, 4.69) is 11.1 Å². The van der Waals surface area contributed by atoms with Crippen molar-refractivity contribution >= 4 is 50.0 Å². The number of methoxy groups -OCH3 is 1. The molecule has 6 nitrogen and oxygen atoms in total. The van der Waals surface area contributed by atoms with E-state index < -0.39 is 0 Å². The molecule has 0 N–H and O–H groups in total. The molecule has 2 heterocycles. The molecule has 4 rings (SSSR count). The normalized spacial score (nSPS) is 11.3. The highest BCUT2D eigenvalue weighted by molar-refractivity contribution is 7.99. The van der Waals surface area contributed by atoms with Gasteiger partial charge in [-0.15, -0.1) is 11.3 Å². The van der Waals surface area contributed by atoms with Gasteiger partial charge in [-0.3, -0.25) is 14.2 Å². The Morgan fingerprint density at radius 1 is 1.19 bits per heavy atom. The molecule has 0 aliphatic carbocycles. The zero-order valence-electron chi connectivity index (χ0n) is 18.8. The van der Waals surface area contributed by atoms with Crippen molar-refractivity contribution in [3.63, 3.8) is 0 Å². The summed E-state index contributed by atoms with van der Waals surface area (Å²) in [6, 6.07) is 12.1. The van der Waals surface area contributed by atoms with Gasteiger partial charge in [0.2, 0.25) is 5.91 Å². The molecule has 2 aromatic carbocycles. The Morgan fingerprint density at radius 3 is 2.66 bits per heavy atom. The highest BCUT2D eigenvalue weighted by Gasteiger charge is 2.17. The van der Waals surface area contributed by atoms with Crippen LogP contribution in [0.4, 0.5) is 0 Å². The summed E-state index contributed by atoms with van der Waals surface area (Å²) < 4.78 is 6.82. The predicted octanol–water partition coefficient (Wildman–Crippen LogP) is 4.52. The van der Waals surface area contributed by atoms with Gasteiger partial charge in [-0.25, -0.2) is 4.98 Å². The molecule has 0 aliphatic rings. The number of thiophene rings is 1. The molecule has 0 bridgehead atoms. The lowest BCUT2D eigenvalue weighted by atomic mass is 10.1. The number of nitrogens with zero attached hydrogens (tertiary/aromatic N) is 3. The van der Waals surface area contributed by atoms with E-state index in [-0.39, 0.29) is 17.2 Å². The summed E-state index contributed by atoms with van der Waals surface area (Å²) in [7, 11) is 5.16. The molecule has 0 aliphatic heterocycles. The van der Waals surface area contributed by atoms with E-state index in [9.17, 15) is 9.59 Å². The number of ether oxygens (including phenoxy) is 1. The zero-order valence-corrected chi connectivity index (χ0v) is 20.4. The van der Waals surface area contributed by atoms with Gasteiger partial charge in [0.15, 0.2) is 5.16 Å². The van der Waals surface area contributed by atoms with Crippen LogP contribution in [-0.2, 0) is 18.4 Å². The third-order valence-corrected chi connectivity index (χ3v) is 7.77. The zero-order chi connectivity index (χ0) is 23.0. The number of thioether (sulfide) groups is 1. The number of benzene rings is 2. The molecule has 0 saturated carbocycles.